The van der Waals surface area contributed by atoms with Crippen LogP contribution < -0.4 is 20.1 Å². The predicted molar refractivity (Wildman–Crippen MR) is 130 cm³/mol. The highest BCUT2D eigenvalue weighted by Crippen LogP contribution is 2.30. The van der Waals surface area contributed by atoms with Crippen molar-refractivity contribution in [1.82, 2.24) is 19.7 Å². The van der Waals surface area contributed by atoms with Crippen LogP contribution >= 0.6 is 0 Å². The average Bonchev–Trinajstić information content (AvgIpc) is 3.02. The molecule has 1 amide bonds. The zero-order valence-corrected chi connectivity index (χ0v) is 18.8. The van der Waals surface area contributed by atoms with Crippen LogP contribution in [-0.2, 0) is 6.54 Å². The van der Waals surface area contributed by atoms with Crippen LogP contribution in [0.5, 0.6) is 5.75 Å². The van der Waals surface area contributed by atoms with Crippen molar-refractivity contribution in [3.05, 3.63) is 82.8 Å². The Bertz CT molecular complexity index is 1390. The van der Waals surface area contributed by atoms with Gasteiger partial charge in [0.15, 0.2) is 11.6 Å². The fraction of sp³-hybridized carbons (Fsp3) is 0.240. The van der Waals surface area contributed by atoms with E-state index in [4.69, 9.17) is 14.7 Å². The largest absolute Gasteiger partial charge is 0.492 e. The zero-order valence-electron chi connectivity index (χ0n) is 18.8. The summed E-state index contributed by atoms with van der Waals surface area (Å²) in [6.07, 6.45) is 0.751. The Kier molecular flexibility index (Phi) is 5.90. The van der Waals surface area contributed by atoms with Gasteiger partial charge in [0.05, 0.1) is 17.6 Å². The lowest BCUT2D eigenvalue weighted by Crippen LogP contribution is -2.35. The maximum atomic E-state index is 13.5. The molecular weight excluding hydrogens is 432 g/mol. The van der Waals surface area contributed by atoms with Crippen molar-refractivity contribution in [2.24, 2.45) is 0 Å². The SMILES string of the molecule is CN1CCCN(C(=O)c2ccc(=O)n(CCOc3ccccc3)n2)c2nc3ccccc3nc21. The van der Waals surface area contributed by atoms with Crippen LogP contribution in [0.25, 0.3) is 11.0 Å². The van der Waals surface area contributed by atoms with Gasteiger partial charge in [0.1, 0.15) is 18.1 Å². The molecule has 0 saturated heterocycles. The Hall–Kier alpha value is -4.27. The summed E-state index contributed by atoms with van der Waals surface area (Å²) < 4.78 is 6.94. The van der Waals surface area contributed by atoms with E-state index in [0.29, 0.717) is 29.4 Å². The van der Waals surface area contributed by atoms with Crippen molar-refractivity contribution < 1.29 is 9.53 Å². The summed E-state index contributed by atoms with van der Waals surface area (Å²) in [6.45, 7) is 1.69. The molecule has 1 aliphatic heterocycles. The summed E-state index contributed by atoms with van der Waals surface area (Å²) >= 11 is 0. The fourth-order valence-electron chi connectivity index (χ4n) is 3.92. The molecule has 34 heavy (non-hydrogen) atoms. The molecule has 0 aliphatic carbocycles. The van der Waals surface area contributed by atoms with E-state index >= 15 is 0 Å². The second-order valence-electron chi connectivity index (χ2n) is 8.03. The molecule has 2 aromatic heterocycles. The van der Waals surface area contributed by atoms with Crippen LogP contribution in [0.4, 0.5) is 11.6 Å². The second-order valence-corrected chi connectivity index (χ2v) is 8.03. The summed E-state index contributed by atoms with van der Waals surface area (Å²) in [6, 6.07) is 19.8. The van der Waals surface area contributed by atoms with E-state index in [1.54, 1.807) is 4.90 Å². The van der Waals surface area contributed by atoms with Gasteiger partial charge in [0.2, 0.25) is 0 Å². The first kappa shape index (κ1) is 21.6. The summed E-state index contributed by atoms with van der Waals surface area (Å²) in [7, 11) is 1.95. The topological polar surface area (TPSA) is 93.5 Å². The molecule has 172 valence electrons. The van der Waals surface area contributed by atoms with E-state index in [-0.39, 0.29) is 30.3 Å². The predicted octanol–water partition coefficient (Wildman–Crippen LogP) is 2.75. The van der Waals surface area contributed by atoms with Gasteiger partial charge in [-0.05, 0) is 36.8 Å². The number of anilines is 2. The molecule has 0 unspecified atom stereocenters. The number of hydrogen-bond acceptors (Lipinski definition) is 7. The minimum Gasteiger partial charge on any atom is -0.492 e. The molecule has 0 spiro atoms. The molecule has 0 bridgehead atoms. The van der Waals surface area contributed by atoms with Crippen molar-refractivity contribution in [2.75, 3.05) is 36.5 Å². The highest BCUT2D eigenvalue weighted by atomic mass is 16.5. The van der Waals surface area contributed by atoms with E-state index in [1.807, 2.05) is 66.5 Å². The number of hydrogen-bond donors (Lipinski definition) is 0. The second kappa shape index (κ2) is 9.30. The Balaban J connectivity index is 1.43. The number of ether oxygens (including phenoxy) is 1. The maximum absolute atomic E-state index is 13.5. The molecule has 0 saturated carbocycles. The average molecular weight is 457 g/mol. The lowest BCUT2D eigenvalue weighted by atomic mass is 10.3. The Labute approximate surface area is 196 Å². The summed E-state index contributed by atoms with van der Waals surface area (Å²) in [5.74, 6) is 1.53. The molecule has 9 nitrogen and oxygen atoms in total. The van der Waals surface area contributed by atoms with Crippen molar-refractivity contribution in [3.8, 4) is 5.75 Å². The van der Waals surface area contributed by atoms with Gasteiger partial charge < -0.3 is 9.64 Å². The monoisotopic (exact) mass is 456 g/mol. The number of nitrogens with zero attached hydrogens (tertiary/aromatic N) is 6. The number of aromatic nitrogens is 4. The van der Waals surface area contributed by atoms with E-state index < -0.39 is 0 Å². The lowest BCUT2D eigenvalue weighted by Gasteiger charge is -2.22. The number of para-hydroxylation sites is 3. The molecule has 1 aliphatic rings. The first-order valence-electron chi connectivity index (χ1n) is 11.2. The third kappa shape index (κ3) is 4.32. The number of carbonyl (C=O) groups excluding carboxylic acids is 1. The van der Waals surface area contributed by atoms with Crippen LogP contribution in [0.3, 0.4) is 0 Å². The molecular formula is C25H24N6O3. The highest BCUT2D eigenvalue weighted by molar-refractivity contribution is 6.06. The van der Waals surface area contributed by atoms with Gasteiger partial charge >= 0.3 is 0 Å². The summed E-state index contributed by atoms with van der Waals surface area (Å²) in [5.41, 5.74) is 1.36. The van der Waals surface area contributed by atoms with Crippen LogP contribution in [-0.4, -0.2) is 52.4 Å². The van der Waals surface area contributed by atoms with Gasteiger partial charge in [-0.25, -0.2) is 14.6 Å². The highest BCUT2D eigenvalue weighted by Gasteiger charge is 2.28. The lowest BCUT2D eigenvalue weighted by molar-refractivity contribution is 0.0978. The van der Waals surface area contributed by atoms with Gasteiger partial charge in [-0.3, -0.25) is 14.5 Å². The number of amides is 1. The first-order chi connectivity index (χ1) is 16.6. The maximum Gasteiger partial charge on any atom is 0.279 e. The molecule has 0 radical (unpaired) electrons. The zero-order chi connectivity index (χ0) is 23.5. The van der Waals surface area contributed by atoms with Crippen molar-refractivity contribution in [1.29, 1.82) is 0 Å². The first-order valence-corrected chi connectivity index (χ1v) is 11.2. The number of fused-ring (bicyclic) bond motifs is 2. The molecule has 0 atom stereocenters. The molecule has 0 fully saturated rings. The van der Waals surface area contributed by atoms with Crippen LogP contribution in [0.15, 0.2) is 71.5 Å². The van der Waals surface area contributed by atoms with Crippen molar-refractivity contribution in [3.63, 3.8) is 0 Å². The summed E-state index contributed by atoms with van der Waals surface area (Å²) in [5, 5.41) is 4.33. The summed E-state index contributed by atoms with van der Waals surface area (Å²) in [4.78, 5) is 39.0. The fourth-order valence-corrected chi connectivity index (χ4v) is 3.92. The molecule has 5 rings (SSSR count). The quantitative estimate of drug-likeness (QED) is 0.456. The van der Waals surface area contributed by atoms with Gasteiger partial charge in [-0.15, -0.1) is 0 Å². The Morgan fingerprint density at radius 2 is 1.62 bits per heavy atom. The standard InChI is InChI=1S/C25H24N6O3/c1-29-14-7-15-30(24-23(29)26-19-10-5-6-11-20(19)27-24)25(33)21-12-13-22(32)31(28-21)16-17-34-18-8-3-2-4-9-18/h2-6,8-13H,7,14-17H2,1H3. The minimum atomic E-state index is -0.321. The van der Waals surface area contributed by atoms with E-state index in [2.05, 4.69) is 5.10 Å². The Morgan fingerprint density at radius 1 is 0.912 bits per heavy atom. The van der Waals surface area contributed by atoms with Crippen LogP contribution in [0.2, 0.25) is 0 Å². The van der Waals surface area contributed by atoms with Gasteiger partial charge in [-0.2, -0.15) is 5.10 Å². The van der Waals surface area contributed by atoms with Gasteiger partial charge in [0.25, 0.3) is 11.5 Å². The Morgan fingerprint density at radius 3 is 2.38 bits per heavy atom. The molecule has 9 heteroatoms. The van der Waals surface area contributed by atoms with E-state index in [0.717, 1.165) is 18.5 Å². The third-order valence-electron chi connectivity index (χ3n) is 5.67. The molecule has 0 N–H and O–H groups in total. The van der Waals surface area contributed by atoms with Crippen molar-refractivity contribution >= 4 is 28.6 Å². The normalized spacial score (nSPS) is 13.4. The number of rotatable bonds is 5. The van der Waals surface area contributed by atoms with Crippen molar-refractivity contribution in [2.45, 2.75) is 13.0 Å². The third-order valence-corrected chi connectivity index (χ3v) is 5.67. The van der Waals surface area contributed by atoms with Gasteiger partial charge in [-0.1, -0.05) is 30.3 Å². The number of benzene rings is 2. The smallest absolute Gasteiger partial charge is 0.279 e. The number of carbonyl (C=O) groups is 1. The van der Waals surface area contributed by atoms with Crippen LogP contribution in [0, 0.1) is 0 Å². The minimum absolute atomic E-state index is 0.171. The van der Waals surface area contributed by atoms with Crippen LogP contribution in [0.1, 0.15) is 16.9 Å². The molecule has 4 aromatic rings. The van der Waals surface area contributed by atoms with E-state index in [9.17, 15) is 9.59 Å². The molecule has 2 aromatic carbocycles. The van der Waals surface area contributed by atoms with Gasteiger partial charge in [0, 0.05) is 26.2 Å². The molecule has 3 heterocycles. The van der Waals surface area contributed by atoms with E-state index in [1.165, 1.54) is 16.8 Å².